The van der Waals surface area contributed by atoms with Crippen molar-refractivity contribution in [2.75, 3.05) is 18.5 Å². The molecule has 3 heterocycles. The fourth-order valence-electron chi connectivity index (χ4n) is 2.67. The number of thiophene rings is 2. The number of esters is 2. The van der Waals surface area contributed by atoms with Gasteiger partial charge in [0.05, 0.1) is 22.7 Å². The van der Waals surface area contributed by atoms with Gasteiger partial charge in [-0.2, -0.15) is 5.26 Å². The summed E-state index contributed by atoms with van der Waals surface area (Å²) in [5, 5.41) is 17.4. The highest BCUT2D eigenvalue weighted by Gasteiger charge is 2.26. The van der Waals surface area contributed by atoms with Gasteiger partial charge in [0, 0.05) is 11.6 Å². The molecular formula is C22H19N3O4S3. The van der Waals surface area contributed by atoms with Crippen molar-refractivity contribution in [1.82, 2.24) is 4.98 Å². The van der Waals surface area contributed by atoms with Crippen LogP contribution in [0.3, 0.4) is 0 Å². The molecule has 3 rings (SSSR count). The van der Waals surface area contributed by atoms with E-state index in [4.69, 9.17) is 9.47 Å². The first kappa shape index (κ1) is 23.4. The lowest BCUT2D eigenvalue weighted by molar-refractivity contribution is 0.0527. The number of ether oxygens (including phenoxy) is 2. The number of nitrogens with zero attached hydrogens (tertiary/aromatic N) is 2. The van der Waals surface area contributed by atoms with Crippen LogP contribution in [0.2, 0.25) is 0 Å². The molecule has 0 aromatic carbocycles. The molecule has 0 atom stereocenters. The molecule has 0 unspecified atom stereocenters. The van der Waals surface area contributed by atoms with Gasteiger partial charge in [-0.25, -0.2) is 14.6 Å². The second-order valence-electron chi connectivity index (χ2n) is 6.20. The second kappa shape index (κ2) is 10.9. The van der Waals surface area contributed by atoms with E-state index in [9.17, 15) is 14.9 Å². The number of allylic oxidation sites excluding steroid dienone is 1. The molecule has 0 spiro atoms. The fourth-order valence-corrected chi connectivity index (χ4v) is 5.28. The SMILES string of the molecule is C=CCOC(=O)c1sc(NC=C(C#N)c2nc(-c3cccs3)cs2)c(C(=O)OCC)c1C. The molecule has 0 radical (unpaired) electrons. The molecule has 0 aliphatic heterocycles. The number of rotatable bonds is 9. The van der Waals surface area contributed by atoms with Crippen molar-refractivity contribution < 1.29 is 19.1 Å². The van der Waals surface area contributed by atoms with Gasteiger partial charge in [0.1, 0.15) is 33.1 Å². The van der Waals surface area contributed by atoms with Gasteiger partial charge in [-0.1, -0.05) is 18.7 Å². The first-order valence-electron chi connectivity index (χ1n) is 9.45. The number of carbonyl (C=O) groups excluding carboxylic acids is 2. The topological polar surface area (TPSA) is 101 Å². The molecule has 0 bridgehead atoms. The zero-order valence-corrected chi connectivity index (χ0v) is 19.8. The monoisotopic (exact) mass is 485 g/mol. The summed E-state index contributed by atoms with van der Waals surface area (Å²) in [6, 6.07) is 6.03. The van der Waals surface area contributed by atoms with Gasteiger partial charge in [0.15, 0.2) is 0 Å². The smallest absolute Gasteiger partial charge is 0.348 e. The minimum Gasteiger partial charge on any atom is -0.462 e. The maximum Gasteiger partial charge on any atom is 0.348 e. The van der Waals surface area contributed by atoms with Crippen molar-refractivity contribution >= 4 is 56.5 Å². The standard InChI is InChI=1S/C22H19N3O4S3/c1-4-8-29-22(27)18-13(3)17(21(26)28-5-2)20(32-18)24-11-14(10-23)19-25-15(12-31-19)16-7-6-9-30-16/h4,6-7,9,11-12,24H,1,5,8H2,2-3H3. The van der Waals surface area contributed by atoms with E-state index in [1.165, 1.54) is 23.6 Å². The summed E-state index contributed by atoms with van der Waals surface area (Å²) in [4.78, 5) is 30.7. The van der Waals surface area contributed by atoms with Crippen LogP contribution in [0, 0.1) is 18.3 Å². The maximum absolute atomic E-state index is 12.5. The van der Waals surface area contributed by atoms with Crippen molar-refractivity contribution in [1.29, 1.82) is 5.26 Å². The summed E-state index contributed by atoms with van der Waals surface area (Å²) in [7, 11) is 0. The van der Waals surface area contributed by atoms with Gasteiger partial charge in [0.25, 0.3) is 0 Å². The quantitative estimate of drug-likeness (QED) is 0.234. The Hall–Kier alpha value is -3.26. The first-order chi connectivity index (χ1) is 15.5. The minimum absolute atomic E-state index is 0.0583. The summed E-state index contributed by atoms with van der Waals surface area (Å²) in [5.41, 5.74) is 1.78. The van der Waals surface area contributed by atoms with Gasteiger partial charge < -0.3 is 14.8 Å². The van der Waals surface area contributed by atoms with Crippen molar-refractivity contribution in [3.63, 3.8) is 0 Å². The van der Waals surface area contributed by atoms with Crippen molar-refractivity contribution in [3.05, 3.63) is 62.8 Å². The molecule has 32 heavy (non-hydrogen) atoms. The van der Waals surface area contributed by atoms with Gasteiger partial charge in [-0.15, -0.1) is 34.0 Å². The van der Waals surface area contributed by atoms with E-state index < -0.39 is 11.9 Å². The normalized spacial score (nSPS) is 11.0. The van der Waals surface area contributed by atoms with Crippen molar-refractivity contribution in [2.45, 2.75) is 13.8 Å². The number of nitriles is 1. The lowest BCUT2D eigenvalue weighted by atomic mass is 10.1. The largest absolute Gasteiger partial charge is 0.462 e. The van der Waals surface area contributed by atoms with Crippen LogP contribution >= 0.6 is 34.0 Å². The Bertz CT molecular complexity index is 1200. The van der Waals surface area contributed by atoms with Gasteiger partial charge in [0.2, 0.25) is 0 Å². The Morgan fingerprint density at radius 2 is 2.12 bits per heavy atom. The van der Waals surface area contributed by atoms with Crippen LogP contribution in [0.5, 0.6) is 0 Å². The molecule has 0 saturated carbocycles. The number of nitrogens with one attached hydrogen (secondary N) is 1. The van der Waals surface area contributed by atoms with Crippen molar-refractivity contribution in [3.8, 4) is 16.6 Å². The second-order valence-corrected chi connectivity index (χ2v) is 9.02. The predicted molar refractivity (Wildman–Crippen MR) is 128 cm³/mol. The highest BCUT2D eigenvalue weighted by Crippen LogP contribution is 2.35. The third-order valence-corrected chi connectivity index (χ3v) is 7.09. The number of anilines is 1. The van der Waals surface area contributed by atoms with Crippen LogP contribution in [0.4, 0.5) is 5.00 Å². The van der Waals surface area contributed by atoms with Gasteiger partial charge >= 0.3 is 11.9 Å². The fraction of sp³-hybridized carbons (Fsp3) is 0.182. The Balaban J connectivity index is 1.92. The molecule has 0 amide bonds. The summed E-state index contributed by atoms with van der Waals surface area (Å²) in [6.07, 6.45) is 2.94. The maximum atomic E-state index is 12.5. The van der Waals surface area contributed by atoms with Gasteiger partial charge in [-0.3, -0.25) is 0 Å². The first-order valence-corrected chi connectivity index (χ1v) is 12.0. The molecule has 3 aromatic rings. The molecule has 3 aromatic heterocycles. The zero-order valence-electron chi connectivity index (χ0n) is 17.3. The van der Waals surface area contributed by atoms with Crippen LogP contribution in [0.25, 0.3) is 16.1 Å². The molecular weight excluding hydrogens is 466 g/mol. The Morgan fingerprint density at radius 3 is 2.78 bits per heavy atom. The minimum atomic E-state index is -0.562. The van der Waals surface area contributed by atoms with E-state index in [-0.39, 0.29) is 23.7 Å². The molecule has 7 nitrogen and oxygen atoms in total. The summed E-state index contributed by atoms with van der Waals surface area (Å²) >= 11 is 3.98. The number of hydrogen-bond donors (Lipinski definition) is 1. The Kier molecular flexibility index (Phi) is 7.94. The zero-order chi connectivity index (χ0) is 23.1. The van der Waals surface area contributed by atoms with E-state index in [1.54, 1.807) is 25.2 Å². The van der Waals surface area contributed by atoms with E-state index in [0.29, 0.717) is 21.1 Å². The highest BCUT2D eigenvalue weighted by molar-refractivity contribution is 7.18. The molecule has 0 aliphatic rings. The number of thiazole rings is 1. The average Bonchev–Trinajstić information content (AvgIpc) is 3.53. The Labute approximate surface area is 197 Å². The van der Waals surface area contributed by atoms with Crippen LogP contribution in [-0.2, 0) is 9.47 Å². The molecule has 164 valence electrons. The molecule has 0 fully saturated rings. The van der Waals surface area contributed by atoms with Gasteiger partial charge in [-0.05, 0) is 30.9 Å². The van der Waals surface area contributed by atoms with E-state index >= 15 is 0 Å². The predicted octanol–water partition coefficient (Wildman–Crippen LogP) is 5.74. The Morgan fingerprint density at radius 1 is 1.31 bits per heavy atom. The third kappa shape index (κ3) is 5.13. The van der Waals surface area contributed by atoms with E-state index in [1.807, 2.05) is 22.9 Å². The summed E-state index contributed by atoms with van der Waals surface area (Å²) < 4.78 is 10.3. The molecule has 0 aliphatic carbocycles. The van der Waals surface area contributed by atoms with Crippen LogP contribution < -0.4 is 5.32 Å². The van der Waals surface area contributed by atoms with Crippen LogP contribution in [0.1, 0.15) is 37.5 Å². The molecule has 10 heteroatoms. The summed E-state index contributed by atoms with van der Waals surface area (Å²) in [6.45, 7) is 7.13. The summed E-state index contributed by atoms with van der Waals surface area (Å²) in [5.74, 6) is -1.12. The molecule has 0 saturated heterocycles. The van der Waals surface area contributed by atoms with Crippen LogP contribution in [-0.4, -0.2) is 30.1 Å². The van der Waals surface area contributed by atoms with E-state index in [0.717, 1.165) is 21.9 Å². The lowest BCUT2D eigenvalue weighted by Crippen LogP contribution is -2.09. The lowest BCUT2D eigenvalue weighted by Gasteiger charge is -2.05. The average molecular weight is 486 g/mol. The number of carbonyl (C=O) groups is 2. The van der Waals surface area contributed by atoms with Crippen molar-refractivity contribution in [2.24, 2.45) is 0 Å². The molecule has 1 N–H and O–H groups in total. The number of hydrogen-bond acceptors (Lipinski definition) is 10. The third-order valence-electron chi connectivity index (χ3n) is 4.12. The highest BCUT2D eigenvalue weighted by atomic mass is 32.1. The number of aromatic nitrogens is 1. The van der Waals surface area contributed by atoms with Crippen LogP contribution in [0.15, 0.2) is 41.7 Å². The van der Waals surface area contributed by atoms with E-state index in [2.05, 4.69) is 22.9 Å².